The van der Waals surface area contributed by atoms with E-state index in [9.17, 15) is 8.42 Å². The van der Waals surface area contributed by atoms with E-state index in [0.29, 0.717) is 5.02 Å². The molecule has 0 bridgehead atoms. The predicted molar refractivity (Wildman–Crippen MR) is 88.5 cm³/mol. The minimum absolute atomic E-state index is 0.0445. The molecule has 0 spiro atoms. The number of methoxy groups -OCH3 is 1. The third-order valence-electron chi connectivity index (χ3n) is 4.10. The third kappa shape index (κ3) is 2.70. The van der Waals surface area contributed by atoms with Gasteiger partial charge in [0.15, 0.2) is 9.84 Å². The Kier molecular flexibility index (Phi) is 4.63. The molecule has 4 nitrogen and oxygen atoms in total. The van der Waals surface area contributed by atoms with Crippen molar-refractivity contribution in [3.05, 3.63) is 34.9 Å². The van der Waals surface area contributed by atoms with Gasteiger partial charge in [-0.15, -0.1) is 0 Å². The summed E-state index contributed by atoms with van der Waals surface area (Å²) in [4.78, 5) is 0.177. The van der Waals surface area contributed by atoms with E-state index in [1.54, 1.807) is 25.1 Å². The average molecular weight is 348 g/mol. The fourth-order valence-corrected chi connectivity index (χ4v) is 5.72. The van der Waals surface area contributed by atoms with Crippen molar-refractivity contribution < 1.29 is 13.2 Å². The van der Waals surface area contributed by atoms with Gasteiger partial charge in [-0.2, -0.15) is 0 Å². The van der Waals surface area contributed by atoms with E-state index in [4.69, 9.17) is 34.3 Å². The summed E-state index contributed by atoms with van der Waals surface area (Å²) in [6.45, 7) is 1.81. The van der Waals surface area contributed by atoms with E-state index in [1.807, 2.05) is 6.07 Å². The lowest BCUT2D eigenvalue weighted by Crippen LogP contribution is -2.33. The van der Waals surface area contributed by atoms with Gasteiger partial charge in [-0.1, -0.05) is 42.9 Å². The summed E-state index contributed by atoms with van der Waals surface area (Å²) >= 11 is 11.2. The van der Waals surface area contributed by atoms with Gasteiger partial charge in [0.25, 0.3) is 0 Å². The number of hydrogen-bond donors (Lipinski definition) is 1. The van der Waals surface area contributed by atoms with Gasteiger partial charge >= 0.3 is 0 Å². The minimum atomic E-state index is -3.30. The molecule has 1 aliphatic rings. The van der Waals surface area contributed by atoms with Crippen LogP contribution in [0.1, 0.15) is 18.4 Å². The van der Waals surface area contributed by atoms with Crippen LogP contribution in [0.3, 0.4) is 0 Å². The van der Waals surface area contributed by atoms with Gasteiger partial charge in [-0.05, 0) is 17.7 Å². The standard InChI is InChI=1S/C14H18ClNO3S2/c1-3-21(17,18)12-11(9-5-4-6-10(15)7-9)14(12,8-19-2)13(16)20/h4-7,11-12H,3,8H2,1-2H3,(H2,16,20). The lowest BCUT2D eigenvalue weighted by molar-refractivity contribution is 0.166. The molecule has 116 valence electrons. The summed E-state index contributed by atoms with van der Waals surface area (Å²) in [5.41, 5.74) is 5.86. The topological polar surface area (TPSA) is 69.4 Å². The first-order valence-corrected chi connectivity index (χ1v) is 9.07. The van der Waals surface area contributed by atoms with Crippen LogP contribution in [0.5, 0.6) is 0 Å². The van der Waals surface area contributed by atoms with E-state index in [-0.39, 0.29) is 23.3 Å². The molecule has 3 atom stereocenters. The number of halogens is 1. The number of ether oxygens (including phenoxy) is 1. The number of hydrogen-bond acceptors (Lipinski definition) is 4. The molecule has 0 aliphatic heterocycles. The summed E-state index contributed by atoms with van der Waals surface area (Å²) in [6.07, 6.45) is 0. The molecule has 7 heteroatoms. The van der Waals surface area contributed by atoms with Crippen LogP contribution < -0.4 is 5.73 Å². The van der Waals surface area contributed by atoms with E-state index < -0.39 is 20.5 Å². The Labute approximate surface area is 135 Å². The lowest BCUT2D eigenvalue weighted by atomic mass is 10.00. The van der Waals surface area contributed by atoms with Crippen LogP contribution in [0.2, 0.25) is 5.02 Å². The quantitative estimate of drug-likeness (QED) is 0.798. The maximum absolute atomic E-state index is 12.4. The zero-order valence-electron chi connectivity index (χ0n) is 11.9. The highest BCUT2D eigenvalue weighted by Gasteiger charge is 2.72. The molecule has 1 aromatic rings. The zero-order valence-corrected chi connectivity index (χ0v) is 14.3. The highest BCUT2D eigenvalue weighted by atomic mass is 35.5. The van der Waals surface area contributed by atoms with Crippen LogP contribution >= 0.6 is 23.8 Å². The molecule has 1 aliphatic carbocycles. The SMILES string of the molecule is CCS(=O)(=O)C1C(c2cccc(Cl)c2)C1(COC)C(N)=S. The van der Waals surface area contributed by atoms with Crippen LogP contribution in [0.15, 0.2) is 24.3 Å². The minimum Gasteiger partial charge on any atom is -0.393 e. The van der Waals surface area contributed by atoms with Crippen molar-refractivity contribution in [1.29, 1.82) is 0 Å². The van der Waals surface area contributed by atoms with Crippen molar-refractivity contribution in [1.82, 2.24) is 0 Å². The molecule has 21 heavy (non-hydrogen) atoms. The molecule has 0 heterocycles. The van der Waals surface area contributed by atoms with E-state index >= 15 is 0 Å². The van der Waals surface area contributed by atoms with Gasteiger partial charge in [-0.25, -0.2) is 8.42 Å². The fraction of sp³-hybridized carbons (Fsp3) is 0.500. The number of nitrogens with two attached hydrogens (primary N) is 1. The first-order valence-electron chi connectivity index (χ1n) is 6.57. The summed E-state index contributed by atoms with van der Waals surface area (Å²) in [5.74, 6) is -0.262. The molecule has 0 saturated heterocycles. The highest BCUT2D eigenvalue weighted by Crippen LogP contribution is 2.63. The maximum Gasteiger partial charge on any atom is 0.154 e. The van der Waals surface area contributed by atoms with E-state index in [2.05, 4.69) is 0 Å². The third-order valence-corrected chi connectivity index (χ3v) is 6.98. The van der Waals surface area contributed by atoms with Crippen molar-refractivity contribution in [2.24, 2.45) is 11.1 Å². The Bertz CT molecular complexity index is 662. The van der Waals surface area contributed by atoms with Crippen molar-refractivity contribution >= 4 is 38.6 Å². The molecule has 0 radical (unpaired) electrons. The summed E-state index contributed by atoms with van der Waals surface area (Å²) in [6, 6.07) is 7.16. The molecular weight excluding hydrogens is 330 g/mol. The molecule has 2 rings (SSSR count). The van der Waals surface area contributed by atoms with Crippen LogP contribution in [-0.2, 0) is 14.6 Å². The van der Waals surface area contributed by atoms with Crippen molar-refractivity contribution in [2.75, 3.05) is 19.5 Å². The molecule has 0 aromatic heterocycles. The van der Waals surface area contributed by atoms with Gasteiger partial charge in [0.1, 0.15) is 0 Å². The van der Waals surface area contributed by atoms with Gasteiger partial charge in [0, 0.05) is 23.8 Å². The van der Waals surface area contributed by atoms with Crippen molar-refractivity contribution in [3.63, 3.8) is 0 Å². The predicted octanol–water partition coefficient (Wildman–Crippen LogP) is 2.16. The van der Waals surface area contributed by atoms with E-state index in [1.165, 1.54) is 7.11 Å². The van der Waals surface area contributed by atoms with Gasteiger partial charge < -0.3 is 10.5 Å². The molecule has 2 N–H and O–H groups in total. The van der Waals surface area contributed by atoms with Gasteiger partial charge in [0.2, 0.25) is 0 Å². The smallest absolute Gasteiger partial charge is 0.154 e. The zero-order chi connectivity index (χ0) is 15.8. The second-order valence-corrected chi connectivity index (χ2v) is 8.53. The fourth-order valence-electron chi connectivity index (χ4n) is 3.06. The second-order valence-electron chi connectivity index (χ2n) is 5.24. The average Bonchev–Trinajstić information content (AvgIpc) is 3.10. The Morgan fingerprint density at radius 1 is 1.52 bits per heavy atom. The highest BCUT2D eigenvalue weighted by molar-refractivity contribution is 7.92. The molecule has 0 amide bonds. The Balaban J connectivity index is 2.54. The summed E-state index contributed by atoms with van der Waals surface area (Å²) in [5, 5.41) is -0.0905. The normalized spacial score (nSPS) is 28.3. The van der Waals surface area contributed by atoms with E-state index in [0.717, 1.165) is 5.56 Å². The number of rotatable bonds is 6. The van der Waals surface area contributed by atoms with Crippen LogP contribution in [-0.4, -0.2) is 38.1 Å². The largest absolute Gasteiger partial charge is 0.393 e. The van der Waals surface area contributed by atoms with Gasteiger partial charge in [-0.3, -0.25) is 0 Å². The molecule has 1 fully saturated rings. The first-order chi connectivity index (χ1) is 9.81. The van der Waals surface area contributed by atoms with Crippen LogP contribution in [0.4, 0.5) is 0 Å². The molecular formula is C14H18ClNO3S2. The van der Waals surface area contributed by atoms with Crippen molar-refractivity contribution in [2.45, 2.75) is 18.1 Å². The van der Waals surface area contributed by atoms with Gasteiger partial charge in [0.05, 0.1) is 22.3 Å². The Morgan fingerprint density at radius 2 is 2.19 bits per heavy atom. The number of benzene rings is 1. The monoisotopic (exact) mass is 347 g/mol. The summed E-state index contributed by atoms with van der Waals surface area (Å²) < 4.78 is 30.1. The maximum atomic E-state index is 12.4. The Hall–Kier alpha value is -0.690. The van der Waals surface area contributed by atoms with Crippen molar-refractivity contribution in [3.8, 4) is 0 Å². The number of thiocarbonyl (C=S) groups is 1. The molecule has 1 saturated carbocycles. The second kappa shape index (κ2) is 5.83. The Morgan fingerprint density at radius 3 is 2.67 bits per heavy atom. The summed E-state index contributed by atoms with van der Waals surface area (Å²) in [7, 11) is -1.78. The van der Waals surface area contributed by atoms with Crippen LogP contribution in [0.25, 0.3) is 0 Å². The molecule has 3 unspecified atom stereocenters. The first kappa shape index (κ1) is 16.7. The molecule has 1 aromatic carbocycles. The van der Waals surface area contributed by atoms with Crippen LogP contribution in [0, 0.1) is 5.41 Å². The lowest BCUT2D eigenvalue weighted by Gasteiger charge is -2.15. The number of sulfone groups is 1.